The van der Waals surface area contributed by atoms with Crippen molar-refractivity contribution in [2.45, 2.75) is 37.8 Å². The third kappa shape index (κ3) is 3.11. The molecule has 1 heterocycles. The molecule has 0 unspecified atom stereocenters. The molecule has 0 N–H and O–H groups in total. The van der Waals surface area contributed by atoms with Crippen LogP contribution in [0, 0.1) is 0 Å². The van der Waals surface area contributed by atoms with Gasteiger partial charge in [0.2, 0.25) is 5.78 Å². The maximum absolute atomic E-state index is 13.0. The van der Waals surface area contributed by atoms with Crippen molar-refractivity contribution < 1.29 is 14.3 Å². The molecule has 1 saturated carbocycles. The standard InChI is InChI=1S/C15H25N3O3/c1-17(2)9-10-18-13(12(20-3)11-16-18)14(19)15(21-4)7-5-6-8-15/h11H,5-10H2,1-4H3. The SMILES string of the molecule is COc1cnn(CCN(C)C)c1C(=O)C1(OC)CCCC1. The maximum atomic E-state index is 13.0. The molecule has 6 nitrogen and oxygen atoms in total. The molecule has 2 rings (SSSR count). The summed E-state index contributed by atoms with van der Waals surface area (Å²) in [5, 5.41) is 4.31. The number of likely N-dealkylation sites (N-methyl/N-ethyl adjacent to an activating group) is 1. The van der Waals surface area contributed by atoms with E-state index in [1.165, 1.54) is 0 Å². The fraction of sp³-hybridized carbons (Fsp3) is 0.733. The van der Waals surface area contributed by atoms with Crippen molar-refractivity contribution in [3.63, 3.8) is 0 Å². The molecular formula is C15H25N3O3. The highest BCUT2D eigenvalue weighted by molar-refractivity contribution is 6.03. The van der Waals surface area contributed by atoms with Crippen LogP contribution >= 0.6 is 0 Å². The van der Waals surface area contributed by atoms with E-state index < -0.39 is 5.60 Å². The lowest BCUT2D eigenvalue weighted by molar-refractivity contribution is 0.00488. The smallest absolute Gasteiger partial charge is 0.216 e. The first kappa shape index (κ1) is 16.0. The average Bonchev–Trinajstić information content (AvgIpc) is 3.11. The van der Waals surface area contributed by atoms with E-state index in [0.29, 0.717) is 18.0 Å². The van der Waals surface area contributed by atoms with Crippen LogP contribution < -0.4 is 4.74 Å². The quantitative estimate of drug-likeness (QED) is 0.715. The van der Waals surface area contributed by atoms with E-state index in [-0.39, 0.29) is 5.78 Å². The predicted molar refractivity (Wildman–Crippen MR) is 79.9 cm³/mol. The fourth-order valence-corrected chi connectivity index (χ4v) is 2.90. The van der Waals surface area contributed by atoms with E-state index >= 15 is 0 Å². The molecule has 0 bridgehead atoms. The highest BCUT2D eigenvalue weighted by Crippen LogP contribution is 2.37. The van der Waals surface area contributed by atoms with Crippen molar-refractivity contribution in [1.82, 2.24) is 14.7 Å². The lowest BCUT2D eigenvalue weighted by Crippen LogP contribution is -2.39. The number of hydrogen-bond acceptors (Lipinski definition) is 5. The molecule has 0 radical (unpaired) electrons. The normalized spacial score (nSPS) is 17.4. The number of rotatable bonds is 7. The van der Waals surface area contributed by atoms with Crippen molar-refractivity contribution in [1.29, 1.82) is 0 Å². The van der Waals surface area contributed by atoms with Crippen LogP contribution in [0.5, 0.6) is 5.75 Å². The van der Waals surface area contributed by atoms with E-state index in [1.807, 2.05) is 14.1 Å². The molecule has 1 fully saturated rings. The van der Waals surface area contributed by atoms with Gasteiger partial charge in [-0.2, -0.15) is 5.10 Å². The first-order valence-corrected chi connectivity index (χ1v) is 7.38. The summed E-state index contributed by atoms with van der Waals surface area (Å²) in [6.07, 6.45) is 5.19. The summed E-state index contributed by atoms with van der Waals surface area (Å²) >= 11 is 0. The molecule has 0 aliphatic heterocycles. The highest BCUT2D eigenvalue weighted by atomic mass is 16.5. The number of hydrogen-bond donors (Lipinski definition) is 0. The third-order valence-electron chi connectivity index (χ3n) is 4.22. The van der Waals surface area contributed by atoms with Gasteiger partial charge in [0.25, 0.3) is 0 Å². The number of carbonyl (C=O) groups is 1. The Labute approximate surface area is 126 Å². The summed E-state index contributed by atoms with van der Waals surface area (Å²) in [6, 6.07) is 0. The summed E-state index contributed by atoms with van der Waals surface area (Å²) < 4.78 is 12.7. The van der Waals surface area contributed by atoms with E-state index in [9.17, 15) is 4.79 Å². The van der Waals surface area contributed by atoms with Crippen molar-refractivity contribution in [3.05, 3.63) is 11.9 Å². The Kier molecular flexibility index (Phi) is 5.00. The van der Waals surface area contributed by atoms with Crippen LogP contribution in [0.1, 0.15) is 36.2 Å². The van der Waals surface area contributed by atoms with Crippen molar-refractivity contribution in [2.75, 3.05) is 34.9 Å². The van der Waals surface area contributed by atoms with Gasteiger partial charge < -0.3 is 14.4 Å². The molecule has 0 atom stereocenters. The number of aromatic nitrogens is 2. The molecule has 0 spiro atoms. The maximum Gasteiger partial charge on any atom is 0.216 e. The van der Waals surface area contributed by atoms with Crippen LogP contribution in [0.2, 0.25) is 0 Å². The zero-order valence-corrected chi connectivity index (χ0v) is 13.4. The minimum atomic E-state index is -0.705. The molecule has 6 heteroatoms. The lowest BCUT2D eigenvalue weighted by atomic mass is 9.93. The largest absolute Gasteiger partial charge is 0.493 e. The minimum absolute atomic E-state index is 0.00407. The van der Waals surface area contributed by atoms with E-state index in [4.69, 9.17) is 9.47 Å². The van der Waals surface area contributed by atoms with Gasteiger partial charge in [-0.3, -0.25) is 9.48 Å². The number of carbonyl (C=O) groups excluding carboxylic acids is 1. The third-order valence-corrected chi connectivity index (χ3v) is 4.22. The molecule has 0 amide bonds. The van der Waals surface area contributed by atoms with E-state index in [2.05, 4.69) is 10.00 Å². The van der Waals surface area contributed by atoms with Crippen LogP contribution in [-0.2, 0) is 11.3 Å². The van der Waals surface area contributed by atoms with Gasteiger partial charge in [-0.05, 0) is 39.8 Å². The van der Waals surface area contributed by atoms with Gasteiger partial charge in [0.15, 0.2) is 5.75 Å². The minimum Gasteiger partial charge on any atom is -0.493 e. The first-order chi connectivity index (χ1) is 10.0. The van der Waals surface area contributed by atoms with Crippen molar-refractivity contribution in [3.8, 4) is 5.75 Å². The Morgan fingerprint density at radius 3 is 2.57 bits per heavy atom. The Morgan fingerprint density at radius 1 is 1.38 bits per heavy atom. The van der Waals surface area contributed by atoms with Crippen molar-refractivity contribution in [2.24, 2.45) is 0 Å². The van der Waals surface area contributed by atoms with Crippen LogP contribution in [0.4, 0.5) is 0 Å². The van der Waals surface area contributed by atoms with Crippen LogP contribution in [0.3, 0.4) is 0 Å². The average molecular weight is 295 g/mol. The summed E-state index contributed by atoms with van der Waals surface area (Å²) in [6.45, 7) is 1.46. The summed E-state index contributed by atoms with van der Waals surface area (Å²) in [5.74, 6) is 0.526. The zero-order valence-electron chi connectivity index (χ0n) is 13.4. The molecule has 1 aromatic rings. The lowest BCUT2D eigenvalue weighted by Gasteiger charge is -2.26. The Balaban J connectivity index is 2.32. The van der Waals surface area contributed by atoms with Gasteiger partial charge in [0.05, 0.1) is 19.9 Å². The van der Waals surface area contributed by atoms with E-state index in [1.54, 1.807) is 25.1 Å². The van der Waals surface area contributed by atoms with Crippen LogP contribution in [0.25, 0.3) is 0 Å². The topological polar surface area (TPSA) is 56.6 Å². The Morgan fingerprint density at radius 2 is 2.05 bits per heavy atom. The van der Waals surface area contributed by atoms with Gasteiger partial charge in [-0.1, -0.05) is 0 Å². The summed E-state index contributed by atoms with van der Waals surface area (Å²) in [5.41, 5.74) is -0.175. The van der Waals surface area contributed by atoms with Gasteiger partial charge in [0.1, 0.15) is 11.3 Å². The summed E-state index contributed by atoms with van der Waals surface area (Å²) in [4.78, 5) is 15.1. The Bertz CT molecular complexity index is 490. The van der Waals surface area contributed by atoms with Crippen LogP contribution in [-0.4, -0.2) is 60.9 Å². The highest BCUT2D eigenvalue weighted by Gasteiger charge is 2.44. The molecular weight excluding hydrogens is 270 g/mol. The molecule has 0 saturated heterocycles. The van der Waals surface area contributed by atoms with Gasteiger partial charge >= 0.3 is 0 Å². The molecule has 1 aliphatic rings. The second-order valence-electron chi connectivity index (χ2n) is 5.82. The Hall–Kier alpha value is -1.40. The van der Waals surface area contributed by atoms with E-state index in [0.717, 1.165) is 32.2 Å². The fourth-order valence-electron chi connectivity index (χ4n) is 2.90. The summed E-state index contributed by atoms with van der Waals surface area (Å²) in [7, 11) is 7.18. The second-order valence-corrected chi connectivity index (χ2v) is 5.82. The molecule has 0 aromatic carbocycles. The number of methoxy groups -OCH3 is 2. The van der Waals surface area contributed by atoms with Gasteiger partial charge in [-0.15, -0.1) is 0 Å². The van der Waals surface area contributed by atoms with Crippen molar-refractivity contribution >= 4 is 5.78 Å². The molecule has 21 heavy (non-hydrogen) atoms. The second kappa shape index (κ2) is 6.58. The van der Waals surface area contributed by atoms with Crippen LogP contribution in [0.15, 0.2) is 6.20 Å². The number of Topliss-reactive ketones (excluding diaryl/α,β-unsaturated/α-hetero) is 1. The number of nitrogens with zero attached hydrogens (tertiary/aromatic N) is 3. The van der Waals surface area contributed by atoms with Gasteiger partial charge in [-0.25, -0.2) is 0 Å². The predicted octanol–water partition coefficient (Wildman–Crippen LogP) is 1.60. The monoisotopic (exact) mass is 295 g/mol. The number of ether oxygens (including phenoxy) is 2. The van der Waals surface area contributed by atoms with Gasteiger partial charge in [0, 0.05) is 13.7 Å². The first-order valence-electron chi connectivity index (χ1n) is 7.38. The number of ketones is 1. The molecule has 118 valence electrons. The molecule has 1 aromatic heterocycles. The zero-order chi connectivity index (χ0) is 15.5. The molecule has 1 aliphatic carbocycles.